The molecule has 0 fully saturated rings. The predicted octanol–water partition coefficient (Wildman–Crippen LogP) is 2.84. The number of thiol groups is 1. The average molecular weight is 196 g/mol. The van der Waals surface area contributed by atoms with Gasteiger partial charge in [0.1, 0.15) is 5.82 Å². The van der Waals surface area contributed by atoms with Crippen molar-refractivity contribution in [1.29, 1.82) is 0 Å². The molecule has 0 N–H and O–H groups in total. The Hall–Kier alpha value is -0.710. The summed E-state index contributed by atoms with van der Waals surface area (Å²) in [5.41, 5.74) is -0.570. The summed E-state index contributed by atoms with van der Waals surface area (Å²) in [6.07, 6.45) is 0. The second-order valence-electron chi connectivity index (χ2n) is 2.23. The Kier molecular flexibility index (Phi) is 2.32. The van der Waals surface area contributed by atoms with Gasteiger partial charge in [-0.3, -0.25) is 0 Å². The maximum atomic E-state index is 12.7. The molecule has 0 amide bonds. The normalized spacial score (nSPS) is 10.5. The molecule has 1 aromatic carbocycles. The van der Waals surface area contributed by atoms with Crippen LogP contribution in [0, 0.1) is 30.2 Å². The van der Waals surface area contributed by atoms with Crippen LogP contribution >= 0.6 is 12.6 Å². The molecule has 5 heteroatoms. The van der Waals surface area contributed by atoms with E-state index in [1.54, 1.807) is 0 Å². The molecule has 1 aromatic rings. The van der Waals surface area contributed by atoms with Gasteiger partial charge in [0.15, 0.2) is 17.5 Å². The fraction of sp³-hybridized carbons (Fsp3) is 0.143. The molecule has 0 aromatic heterocycles. The molecule has 0 nitrogen and oxygen atoms in total. The third kappa shape index (κ3) is 1.18. The summed E-state index contributed by atoms with van der Waals surface area (Å²) >= 11 is 3.34. The van der Waals surface area contributed by atoms with Crippen LogP contribution in [-0.4, -0.2) is 0 Å². The summed E-state index contributed by atoms with van der Waals surface area (Å²) in [6.45, 7) is 1.01. The minimum absolute atomic E-state index is 0.570. The zero-order chi connectivity index (χ0) is 9.46. The fourth-order valence-corrected chi connectivity index (χ4v) is 1.00. The molecule has 0 aliphatic carbocycles. The monoisotopic (exact) mass is 196 g/mol. The van der Waals surface area contributed by atoms with E-state index < -0.39 is 33.7 Å². The number of halogens is 4. The van der Waals surface area contributed by atoms with Crippen molar-refractivity contribution in [3.63, 3.8) is 0 Å². The van der Waals surface area contributed by atoms with Gasteiger partial charge in [-0.05, 0) is 6.92 Å². The topological polar surface area (TPSA) is 0 Å². The largest absolute Gasteiger partial charge is 0.205 e. The molecule has 0 heterocycles. The highest BCUT2D eigenvalue weighted by atomic mass is 32.1. The molecule has 0 aliphatic heterocycles. The lowest BCUT2D eigenvalue weighted by atomic mass is 10.2. The highest BCUT2D eigenvalue weighted by molar-refractivity contribution is 7.80. The Labute approximate surface area is 71.6 Å². The quantitative estimate of drug-likeness (QED) is 0.280. The number of rotatable bonds is 0. The first kappa shape index (κ1) is 9.38. The fourth-order valence-electron chi connectivity index (χ4n) is 0.735. The van der Waals surface area contributed by atoms with Crippen LogP contribution in [0.25, 0.3) is 0 Å². The molecule has 66 valence electrons. The summed E-state index contributed by atoms with van der Waals surface area (Å²) in [7, 11) is 0. The minimum Gasteiger partial charge on any atom is -0.205 e. The first-order valence-electron chi connectivity index (χ1n) is 2.98. The van der Waals surface area contributed by atoms with Crippen molar-refractivity contribution in [2.24, 2.45) is 0 Å². The van der Waals surface area contributed by atoms with Crippen molar-refractivity contribution >= 4 is 12.6 Å². The standard InChI is InChI=1S/C7H4F4S/c1-2-3(8)5(10)6(11)7(12)4(2)9/h12H,1H3. The van der Waals surface area contributed by atoms with Gasteiger partial charge in [-0.25, -0.2) is 17.6 Å². The van der Waals surface area contributed by atoms with E-state index in [0.717, 1.165) is 6.92 Å². The zero-order valence-electron chi connectivity index (χ0n) is 5.96. The van der Waals surface area contributed by atoms with Crippen LogP contribution < -0.4 is 0 Å². The van der Waals surface area contributed by atoms with E-state index in [0.29, 0.717) is 0 Å². The van der Waals surface area contributed by atoms with Gasteiger partial charge >= 0.3 is 0 Å². The maximum Gasteiger partial charge on any atom is 0.196 e. The Morgan fingerprint density at radius 1 is 0.833 bits per heavy atom. The Bertz CT molecular complexity index is 230. The Morgan fingerprint density at radius 2 is 1.33 bits per heavy atom. The number of benzene rings is 1. The molecule has 0 saturated heterocycles. The highest BCUT2D eigenvalue weighted by Crippen LogP contribution is 2.25. The summed E-state index contributed by atoms with van der Waals surface area (Å²) in [5.74, 6) is -5.98. The van der Waals surface area contributed by atoms with Gasteiger partial charge < -0.3 is 0 Å². The van der Waals surface area contributed by atoms with Gasteiger partial charge in [0.05, 0.1) is 4.90 Å². The predicted molar refractivity (Wildman–Crippen MR) is 38.3 cm³/mol. The molecule has 0 aliphatic rings. The number of hydrogen-bond acceptors (Lipinski definition) is 1. The first-order chi connectivity index (χ1) is 5.46. The van der Waals surface area contributed by atoms with Crippen LogP contribution in [0.4, 0.5) is 17.6 Å². The second-order valence-corrected chi connectivity index (χ2v) is 2.68. The van der Waals surface area contributed by atoms with Gasteiger partial charge in [0.2, 0.25) is 0 Å². The average Bonchev–Trinajstić information content (AvgIpc) is 2.08. The van der Waals surface area contributed by atoms with E-state index in [9.17, 15) is 17.6 Å². The lowest BCUT2D eigenvalue weighted by molar-refractivity contribution is 0.410. The molecule has 1 rings (SSSR count). The van der Waals surface area contributed by atoms with Gasteiger partial charge in [0.25, 0.3) is 0 Å². The maximum absolute atomic E-state index is 12.7. The van der Waals surface area contributed by atoms with Crippen LogP contribution in [0.3, 0.4) is 0 Å². The zero-order valence-corrected chi connectivity index (χ0v) is 6.85. The van der Waals surface area contributed by atoms with Crippen LogP contribution in [-0.2, 0) is 0 Å². The van der Waals surface area contributed by atoms with Gasteiger partial charge in [-0.15, -0.1) is 12.6 Å². The molecule has 0 radical (unpaired) electrons. The van der Waals surface area contributed by atoms with E-state index in [2.05, 4.69) is 12.6 Å². The summed E-state index contributed by atoms with van der Waals surface area (Å²) < 4.78 is 50.2. The van der Waals surface area contributed by atoms with Crippen LogP contribution in [0.2, 0.25) is 0 Å². The van der Waals surface area contributed by atoms with Crippen molar-refractivity contribution in [3.05, 3.63) is 28.8 Å². The van der Waals surface area contributed by atoms with E-state index in [-0.39, 0.29) is 0 Å². The van der Waals surface area contributed by atoms with E-state index >= 15 is 0 Å². The van der Waals surface area contributed by atoms with Crippen molar-refractivity contribution in [2.45, 2.75) is 11.8 Å². The molecule has 0 unspecified atom stereocenters. The van der Waals surface area contributed by atoms with Crippen molar-refractivity contribution in [1.82, 2.24) is 0 Å². The Morgan fingerprint density at radius 3 is 1.83 bits per heavy atom. The smallest absolute Gasteiger partial charge is 0.196 e. The number of hydrogen-bond donors (Lipinski definition) is 1. The molecule has 0 atom stereocenters. The minimum atomic E-state index is -1.70. The van der Waals surface area contributed by atoms with E-state index in [4.69, 9.17) is 0 Å². The van der Waals surface area contributed by atoms with Crippen LogP contribution in [0.1, 0.15) is 5.56 Å². The van der Waals surface area contributed by atoms with Gasteiger partial charge in [-0.1, -0.05) is 0 Å². The third-order valence-corrected chi connectivity index (χ3v) is 1.85. The summed E-state index contributed by atoms with van der Waals surface area (Å²) in [6, 6.07) is 0. The first-order valence-corrected chi connectivity index (χ1v) is 3.43. The third-order valence-electron chi connectivity index (χ3n) is 1.46. The Balaban J connectivity index is 3.60. The molecule has 0 bridgehead atoms. The molecule has 12 heavy (non-hydrogen) atoms. The molecular weight excluding hydrogens is 192 g/mol. The van der Waals surface area contributed by atoms with Gasteiger partial charge in [-0.2, -0.15) is 0 Å². The van der Waals surface area contributed by atoms with E-state index in [1.807, 2.05) is 0 Å². The van der Waals surface area contributed by atoms with Gasteiger partial charge in [0, 0.05) is 5.56 Å². The second kappa shape index (κ2) is 2.97. The van der Waals surface area contributed by atoms with Crippen LogP contribution in [0.5, 0.6) is 0 Å². The molecular formula is C7H4F4S. The molecule has 0 spiro atoms. The summed E-state index contributed by atoms with van der Waals surface area (Å²) in [4.78, 5) is -0.800. The van der Waals surface area contributed by atoms with E-state index in [1.165, 1.54) is 0 Å². The summed E-state index contributed by atoms with van der Waals surface area (Å²) in [5, 5.41) is 0. The van der Waals surface area contributed by atoms with Crippen molar-refractivity contribution in [3.8, 4) is 0 Å². The van der Waals surface area contributed by atoms with Crippen molar-refractivity contribution in [2.75, 3.05) is 0 Å². The SMILES string of the molecule is Cc1c(F)c(F)c(F)c(S)c1F. The van der Waals surface area contributed by atoms with Crippen molar-refractivity contribution < 1.29 is 17.6 Å². The highest BCUT2D eigenvalue weighted by Gasteiger charge is 2.20. The lowest BCUT2D eigenvalue weighted by Crippen LogP contribution is -2.00. The molecule has 0 saturated carbocycles. The van der Waals surface area contributed by atoms with Crippen LogP contribution in [0.15, 0.2) is 4.90 Å². The lowest BCUT2D eigenvalue weighted by Gasteiger charge is -2.04.